The largest absolute Gasteiger partial charge is 0.462 e. The molecule has 5 nitrogen and oxygen atoms in total. The van der Waals surface area contributed by atoms with Crippen LogP contribution in [0, 0.1) is 0 Å². The number of nitrogens with one attached hydrogen (secondary N) is 1. The summed E-state index contributed by atoms with van der Waals surface area (Å²) in [5, 5.41) is 2.77. The van der Waals surface area contributed by atoms with E-state index in [0.717, 1.165) is 5.56 Å². The van der Waals surface area contributed by atoms with Gasteiger partial charge in [0.25, 0.3) is 5.91 Å². The molecule has 0 radical (unpaired) electrons. The summed E-state index contributed by atoms with van der Waals surface area (Å²) < 4.78 is 10.2. The smallest absolute Gasteiger partial charge is 0.338 e. The Kier molecular flexibility index (Phi) is 5.88. The maximum atomic E-state index is 12.3. The molecule has 0 aliphatic rings. The molecule has 0 saturated heterocycles. The molecule has 120 valence electrons. The minimum absolute atomic E-state index is 0.275. The van der Waals surface area contributed by atoms with Crippen molar-refractivity contribution in [1.82, 2.24) is 0 Å². The standard InChI is InChI=1S/C18H19NO4/c1-3-23-18(21)14-9-11-15(12-10-14)19-17(20)16(22-2)13-7-5-4-6-8-13/h4-12,16H,3H2,1-2H3,(H,19,20). The fourth-order valence-electron chi connectivity index (χ4n) is 2.13. The van der Waals surface area contributed by atoms with Gasteiger partial charge in [0.1, 0.15) is 0 Å². The molecule has 2 aromatic carbocycles. The third-order valence-electron chi connectivity index (χ3n) is 3.24. The summed E-state index contributed by atoms with van der Waals surface area (Å²) in [6.45, 7) is 2.07. The normalized spacial score (nSPS) is 11.6. The zero-order chi connectivity index (χ0) is 16.7. The van der Waals surface area contributed by atoms with E-state index in [2.05, 4.69) is 5.32 Å². The Morgan fingerprint density at radius 3 is 2.26 bits per heavy atom. The Bertz CT molecular complexity index is 652. The lowest BCUT2D eigenvalue weighted by Gasteiger charge is -2.15. The average Bonchev–Trinajstić information content (AvgIpc) is 2.57. The number of benzene rings is 2. The van der Waals surface area contributed by atoms with Gasteiger partial charge in [-0.15, -0.1) is 0 Å². The molecule has 1 N–H and O–H groups in total. The van der Waals surface area contributed by atoms with Gasteiger partial charge < -0.3 is 14.8 Å². The summed E-state index contributed by atoms with van der Waals surface area (Å²) in [7, 11) is 1.49. The van der Waals surface area contributed by atoms with Crippen LogP contribution in [0.1, 0.15) is 28.9 Å². The lowest BCUT2D eigenvalue weighted by molar-refractivity contribution is -0.126. The van der Waals surface area contributed by atoms with E-state index in [-0.39, 0.29) is 11.9 Å². The van der Waals surface area contributed by atoms with Crippen LogP contribution in [0.4, 0.5) is 5.69 Å². The molecule has 1 atom stereocenters. The van der Waals surface area contributed by atoms with E-state index in [0.29, 0.717) is 17.9 Å². The van der Waals surface area contributed by atoms with Crippen molar-refractivity contribution >= 4 is 17.6 Å². The number of carbonyl (C=O) groups is 2. The lowest BCUT2D eigenvalue weighted by atomic mass is 10.1. The molecule has 5 heteroatoms. The van der Waals surface area contributed by atoms with Crippen molar-refractivity contribution in [1.29, 1.82) is 0 Å². The minimum atomic E-state index is -0.694. The van der Waals surface area contributed by atoms with Crippen LogP contribution >= 0.6 is 0 Å². The zero-order valence-corrected chi connectivity index (χ0v) is 13.1. The summed E-state index contributed by atoms with van der Waals surface area (Å²) >= 11 is 0. The first-order chi connectivity index (χ1) is 11.2. The quantitative estimate of drug-likeness (QED) is 0.832. The van der Waals surface area contributed by atoms with E-state index in [4.69, 9.17) is 9.47 Å². The Hall–Kier alpha value is -2.66. The van der Waals surface area contributed by atoms with E-state index in [1.54, 1.807) is 31.2 Å². The molecule has 2 rings (SSSR count). The monoisotopic (exact) mass is 313 g/mol. The first-order valence-corrected chi connectivity index (χ1v) is 7.31. The van der Waals surface area contributed by atoms with Crippen LogP contribution in [-0.2, 0) is 14.3 Å². The number of ether oxygens (including phenoxy) is 2. The van der Waals surface area contributed by atoms with Gasteiger partial charge in [-0.3, -0.25) is 4.79 Å². The van der Waals surface area contributed by atoms with Crippen molar-refractivity contribution in [3.8, 4) is 0 Å². The highest BCUT2D eigenvalue weighted by molar-refractivity contribution is 5.95. The number of carbonyl (C=O) groups excluding carboxylic acids is 2. The van der Waals surface area contributed by atoms with Crippen LogP contribution in [0.2, 0.25) is 0 Å². The van der Waals surface area contributed by atoms with Gasteiger partial charge in [0.15, 0.2) is 6.10 Å². The van der Waals surface area contributed by atoms with Crippen LogP contribution in [0.15, 0.2) is 54.6 Å². The van der Waals surface area contributed by atoms with Gasteiger partial charge in [-0.25, -0.2) is 4.79 Å². The summed E-state index contributed by atoms with van der Waals surface area (Å²) in [5.41, 5.74) is 1.80. The number of esters is 1. The van der Waals surface area contributed by atoms with Crippen molar-refractivity contribution in [3.63, 3.8) is 0 Å². The van der Waals surface area contributed by atoms with E-state index in [9.17, 15) is 9.59 Å². The molecule has 23 heavy (non-hydrogen) atoms. The molecule has 0 heterocycles. The van der Waals surface area contributed by atoms with Crippen LogP contribution in [0.25, 0.3) is 0 Å². The fraction of sp³-hybridized carbons (Fsp3) is 0.222. The summed E-state index contributed by atoms with van der Waals surface area (Å²) in [5.74, 6) is -0.660. The maximum Gasteiger partial charge on any atom is 0.338 e. The predicted molar refractivity (Wildman–Crippen MR) is 87.2 cm³/mol. The highest BCUT2D eigenvalue weighted by atomic mass is 16.5. The van der Waals surface area contributed by atoms with Gasteiger partial charge in [-0.1, -0.05) is 30.3 Å². The molecular weight excluding hydrogens is 294 g/mol. The second kappa shape index (κ2) is 8.10. The minimum Gasteiger partial charge on any atom is -0.462 e. The first-order valence-electron chi connectivity index (χ1n) is 7.31. The van der Waals surface area contributed by atoms with Crippen LogP contribution < -0.4 is 5.32 Å². The van der Waals surface area contributed by atoms with Crippen LogP contribution in [0.3, 0.4) is 0 Å². The first kappa shape index (κ1) is 16.7. The van der Waals surface area contributed by atoms with E-state index >= 15 is 0 Å². The average molecular weight is 313 g/mol. The highest BCUT2D eigenvalue weighted by Crippen LogP contribution is 2.19. The van der Waals surface area contributed by atoms with Crippen molar-refractivity contribution in [3.05, 3.63) is 65.7 Å². The molecule has 0 spiro atoms. The molecular formula is C18H19NO4. The summed E-state index contributed by atoms with van der Waals surface area (Å²) in [4.78, 5) is 23.9. The van der Waals surface area contributed by atoms with Crippen LogP contribution in [-0.4, -0.2) is 25.6 Å². The van der Waals surface area contributed by atoms with E-state index in [1.165, 1.54) is 7.11 Å². The van der Waals surface area contributed by atoms with Crippen molar-refractivity contribution in [2.45, 2.75) is 13.0 Å². The molecule has 2 aromatic rings. The second-order valence-corrected chi connectivity index (χ2v) is 4.81. The number of hydrogen-bond acceptors (Lipinski definition) is 4. The zero-order valence-electron chi connectivity index (χ0n) is 13.1. The van der Waals surface area contributed by atoms with Gasteiger partial charge in [-0.05, 0) is 36.8 Å². The fourth-order valence-corrected chi connectivity index (χ4v) is 2.13. The maximum absolute atomic E-state index is 12.3. The SMILES string of the molecule is CCOC(=O)c1ccc(NC(=O)C(OC)c2ccccc2)cc1. The van der Waals surface area contributed by atoms with Crippen molar-refractivity contribution in [2.75, 3.05) is 19.0 Å². The molecule has 0 aliphatic carbocycles. The molecule has 0 bridgehead atoms. The molecule has 0 aromatic heterocycles. The van der Waals surface area contributed by atoms with E-state index < -0.39 is 6.10 Å². The molecule has 0 aliphatic heterocycles. The molecule has 0 fully saturated rings. The third-order valence-corrected chi connectivity index (χ3v) is 3.24. The Labute approximate surface area is 135 Å². The molecule has 0 saturated carbocycles. The van der Waals surface area contributed by atoms with Crippen molar-refractivity contribution < 1.29 is 19.1 Å². The summed E-state index contributed by atoms with van der Waals surface area (Å²) in [6, 6.07) is 15.8. The summed E-state index contributed by atoms with van der Waals surface area (Å²) in [6.07, 6.45) is -0.694. The Morgan fingerprint density at radius 2 is 1.70 bits per heavy atom. The second-order valence-electron chi connectivity index (χ2n) is 4.81. The highest BCUT2D eigenvalue weighted by Gasteiger charge is 2.19. The Morgan fingerprint density at radius 1 is 1.04 bits per heavy atom. The predicted octanol–water partition coefficient (Wildman–Crippen LogP) is 3.19. The number of hydrogen-bond donors (Lipinski definition) is 1. The number of amides is 1. The van der Waals surface area contributed by atoms with Gasteiger partial charge in [0.05, 0.1) is 12.2 Å². The topological polar surface area (TPSA) is 64.6 Å². The van der Waals surface area contributed by atoms with Crippen molar-refractivity contribution in [2.24, 2.45) is 0 Å². The number of methoxy groups -OCH3 is 1. The molecule has 1 unspecified atom stereocenters. The number of rotatable bonds is 6. The molecule has 1 amide bonds. The number of anilines is 1. The van der Waals surface area contributed by atoms with Gasteiger partial charge >= 0.3 is 5.97 Å². The van der Waals surface area contributed by atoms with Crippen LogP contribution in [0.5, 0.6) is 0 Å². The van der Waals surface area contributed by atoms with E-state index in [1.807, 2.05) is 30.3 Å². The lowest BCUT2D eigenvalue weighted by Crippen LogP contribution is -2.22. The third kappa shape index (κ3) is 4.40. The van der Waals surface area contributed by atoms with Gasteiger partial charge in [0.2, 0.25) is 0 Å². The van der Waals surface area contributed by atoms with Gasteiger partial charge in [0, 0.05) is 12.8 Å². The van der Waals surface area contributed by atoms with Gasteiger partial charge in [-0.2, -0.15) is 0 Å². The Balaban J connectivity index is 2.06.